The van der Waals surface area contributed by atoms with E-state index in [0.29, 0.717) is 0 Å². The smallest absolute Gasteiger partial charge is 0.242 e. The molecule has 0 radical (unpaired) electrons. The summed E-state index contributed by atoms with van der Waals surface area (Å²) in [5, 5.41) is 9.95. The van der Waals surface area contributed by atoms with Gasteiger partial charge in [0.05, 0.1) is 44.1 Å². The molecular formula is C69H49BN4. The zero-order valence-corrected chi connectivity index (χ0v) is 41.5. The lowest BCUT2D eigenvalue weighted by atomic mass is 9.35. The summed E-state index contributed by atoms with van der Waals surface area (Å²) in [6, 6.07) is 90.2. The van der Waals surface area contributed by atoms with Crippen LogP contribution < -0.4 is 16.4 Å². The van der Waals surface area contributed by atoms with Gasteiger partial charge < -0.3 is 18.3 Å². The first-order valence-corrected chi connectivity index (χ1v) is 25.8. The molecule has 11 aromatic carbocycles. The number of nitrogens with zero attached hydrogens (tertiary/aromatic N) is 4. The predicted octanol–water partition coefficient (Wildman–Crippen LogP) is 15.5. The fourth-order valence-electron chi connectivity index (χ4n) is 13.1. The average Bonchev–Trinajstić information content (AvgIpc) is 4.19. The van der Waals surface area contributed by atoms with Gasteiger partial charge in [0.1, 0.15) is 0 Å². The van der Waals surface area contributed by atoms with Gasteiger partial charge in [0.2, 0.25) is 6.71 Å². The van der Waals surface area contributed by atoms with E-state index in [1.807, 2.05) is 0 Å². The fraction of sp³-hybridized carbons (Fsp3) is 0.0435. The van der Waals surface area contributed by atoms with Crippen LogP contribution in [0.4, 0.5) is 0 Å². The van der Waals surface area contributed by atoms with Crippen molar-refractivity contribution in [1.82, 2.24) is 18.3 Å². The quantitative estimate of drug-likeness (QED) is 0.142. The van der Waals surface area contributed by atoms with Crippen LogP contribution in [0.2, 0.25) is 0 Å². The summed E-state index contributed by atoms with van der Waals surface area (Å²) in [5.41, 5.74) is 21.9. The number of hydrogen-bond acceptors (Lipinski definition) is 0. The lowest BCUT2D eigenvalue weighted by Gasteiger charge is -2.23. The van der Waals surface area contributed by atoms with Crippen molar-refractivity contribution < 1.29 is 0 Å². The molecule has 4 heterocycles. The largest absolute Gasteiger partial charge is 0.309 e. The van der Waals surface area contributed by atoms with Gasteiger partial charge >= 0.3 is 0 Å². The Balaban J connectivity index is 0.966. The minimum absolute atomic E-state index is 0.0627. The molecule has 0 bridgehead atoms. The molecule has 74 heavy (non-hydrogen) atoms. The highest BCUT2D eigenvalue weighted by molar-refractivity contribution is 6.96. The third-order valence-electron chi connectivity index (χ3n) is 15.9. The number of benzene rings is 11. The molecule has 4 aromatic heterocycles. The Labute approximate surface area is 429 Å². The molecule has 0 spiro atoms. The van der Waals surface area contributed by atoms with Crippen molar-refractivity contribution in [3.8, 4) is 22.7 Å². The maximum atomic E-state index is 2.54. The normalized spacial score (nSPS) is 12.0. The molecule has 0 atom stereocenters. The van der Waals surface area contributed by atoms with E-state index in [4.69, 9.17) is 0 Å². The maximum absolute atomic E-state index is 2.54. The van der Waals surface area contributed by atoms with Crippen LogP contribution >= 0.6 is 0 Å². The van der Waals surface area contributed by atoms with E-state index < -0.39 is 0 Å². The first-order valence-electron chi connectivity index (χ1n) is 25.8. The van der Waals surface area contributed by atoms with Crippen LogP contribution in [0.1, 0.15) is 16.7 Å². The van der Waals surface area contributed by atoms with Gasteiger partial charge in [0.15, 0.2) is 0 Å². The second-order valence-corrected chi connectivity index (χ2v) is 20.3. The fourth-order valence-corrected chi connectivity index (χ4v) is 13.1. The molecule has 0 aliphatic carbocycles. The molecule has 0 saturated carbocycles. The van der Waals surface area contributed by atoms with E-state index in [1.165, 1.54) is 120 Å². The molecule has 5 heteroatoms. The predicted molar refractivity (Wildman–Crippen MR) is 316 cm³/mol. The molecule has 15 rings (SSSR count). The third-order valence-corrected chi connectivity index (χ3v) is 15.9. The summed E-state index contributed by atoms with van der Waals surface area (Å²) in [7, 11) is 0. The standard InChI is InChI=1S/C69H49BN4/c1-44-38-45(2)68(46(3)39-44)70(47-20-18-26-51(40-47)73-61-33-15-12-30-55(61)59-42-65-58(43-66(59)73)54-29-11-14-32-60(54)72(65)50-24-8-5-9-25-50)48-21-19-27-52(41-48)74-62-34-16-10-28-53(62)56-36-37-64-67(69(56)74)57-31-13-17-35-63(57)71(64)49-22-6-4-7-23-49/h4-43H,1-3H3. The summed E-state index contributed by atoms with van der Waals surface area (Å²) in [6.07, 6.45) is 0. The molecule has 0 aliphatic rings. The zero-order chi connectivity index (χ0) is 49.2. The summed E-state index contributed by atoms with van der Waals surface area (Å²) in [6.45, 7) is 6.75. The Bertz CT molecular complexity index is 4740. The highest BCUT2D eigenvalue weighted by atomic mass is 15.0. The van der Waals surface area contributed by atoms with E-state index >= 15 is 0 Å². The first kappa shape index (κ1) is 42.4. The number of aromatic nitrogens is 4. The minimum atomic E-state index is -0.0627. The molecule has 0 unspecified atom stereocenters. The molecule has 15 aromatic rings. The van der Waals surface area contributed by atoms with Crippen LogP contribution in [-0.4, -0.2) is 25.0 Å². The molecule has 4 nitrogen and oxygen atoms in total. The molecule has 0 saturated heterocycles. The van der Waals surface area contributed by atoms with Gasteiger partial charge in [0.25, 0.3) is 0 Å². The topological polar surface area (TPSA) is 19.7 Å². The maximum Gasteiger partial charge on any atom is 0.242 e. The van der Waals surface area contributed by atoms with Crippen LogP contribution in [0.15, 0.2) is 243 Å². The Morgan fingerprint density at radius 3 is 1.22 bits per heavy atom. The van der Waals surface area contributed by atoms with Crippen LogP contribution in [0.5, 0.6) is 0 Å². The first-order chi connectivity index (χ1) is 36.5. The van der Waals surface area contributed by atoms with E-state index in [0.717, 1.165) is 22.7 Å². The Hall–Kier alpha value is -9.32. The van der Waals surface area contributed by atoms with Crippen molar-refractivity contribution >= 4 is 110 Å². The summed E-state index contributed by atoms with van der Waals surface area (Å²) >= 11 is 0. The van der Waals surface area contributed by atoms with Gasteiger partial charge in [-0.15, -0.1) is 0 Å². The van der Waals surface area contributed by atoms with E-state index in [9.17, 15) is 0 Å². The van der Waals surface area contributed by atoms with E-state index in [2.05, 4.69) is 282 Å². The van der Waals surface area contributed by atoms with Crippen LogP contribution in [-0.2, 0) is 0 Å². The van der Waals surface area contributed by atoms with Crippen molar-refractivity contribution in [3.05, 3.63) is 259 Å². The van der Waals surface area contributed by atoms with E-state index in [1.54, 1.807) is 0 Å². The third kappa shape index (κ3) is 6.23. The lowest BCUT2D eigenvalue weighted by molar-refractivity contribution is 1.17. The van der Waals surface area contributed by atoms with Gasteiger partial charge in [-0.3, -0.25) is 0 Å². The monoisotopic (exact) mass is 944 g/mol. The lowest BCUT2D eigenvalue weighted by Crippen LogP contribution is -2.54. The van der Waals surface area contributed by atoms with Crippen molar-refractivity contribution in [2.24, 2.45) is 0 Å². The summed E-state index contributed by atoms with van der Waals surface area (Å²) < 4.78 is 9.89. The van der Waals surface area contributed by atoms with Gasteiger partial charge in [-0.1, -0.05) is 185 Å². The molecule has 0 amide bonds. The Morgan fingerprint density at radius 2 is 0.676 bits per heavy atom. The van der Waals surface area contributed by atoms with Crippen LogP contribution in [0.3, 0.4) is 0 Å². The van der Waals surface area contributed by atoms with Gasteiger partial charge in [-0.25, -0.2) is 0 Å². The highest BCUT2D eigenvalue weighted by Crippen LogP contribution is 2.43. The SMILES string of the molecule is Cc1cc(C)c(B(c2cccc(-n3c4ccccc4c4cc5c(cc43)c3ccccc3n5-c3ccccc3)c2)c2cccc(-n3c4ccccc4c4ccc5c(c6ccccc6n5-c5ccccc5)c43)c2)c(C)c1. The number of aryl methyl sites for hydroxylation is 3. The van der Waals surface area contributed by atoms with Gasteiger partial charge in [-0.05, 0) is 112 Å². The Morgan fingerprint density at radius 1 is 0.270 bits per heavy atom. The highest BCUT2D eigenvalue weighted by Gasteiger charge is 2.28. The molecule has 0 N–H and O–H groups in total. The summed E-state index contributed by atoms with van der Waals surface area (Å²) in [4.78, 5) is 0. The Kier molecular flexibility index (Phi) is 9.37. The molecule has 0 fully saturated rings. The molecule has 0 aliphatic heterocycles. The second-order valence-electron chi connectivity index (χ2n) is 20.3. The van der Waals surface area contributed by atoms with Crippen LogP contribution in [0.25, 0.3) is 110 Å². The number of fused-ring (bicyclic) bond motifs is 13. The van der Waals surface area contributed by atoms with Crippen LogP contribution in [0, 0.1) is 20.8 Å². The number of para-hydroxylation sites is 6. The zero-order valence-electron chi connectivity index (χ0n) is 41.5. The van der Waals surface area contributed by atoms with Crippen molar-refractivity contribution in [2.45, 2.75) is 20.8 Å². The number of rotatable bonds is 7. The van der Waals surface area contributed by atoms with Crippen molar-refractivity contribution in [2.75, 3.05) is 0 Å². The number of hydrogen-bond donors (Lipinski definition) is 0. The van der Waals surface area contributed by atoms with Gasteiger partial charge in [-0.2, -0.15) is 0 Å². The molecule has 348 valence electrons. The van der Waals surface area contributed by atoms with Gasteiger partial charge in [0, 0.05) is 65.8 Å². The van der Waals surface area contributed by atoms with Crippen molar-refractivity contribution in [3.63, 3.8) is 0 Å². The van der Waals surface area contributed by atoms with Crippen molar-refractivity contribution in [1.29, 1.82) is 0 Å². The summed E-state index contributed by atoms with van der Waals surface area (Å²) in [5.74, 6) is 0. The molecular weight excluding hydrogens is 896 g/mol. The van der Waals surface area contributed by atoms with E-state index in [-0.39, 0.29) is 6.71 Å². The second kappa shape index (κ2) is 16.4. The minimum Gasteiger partial charge on any atom is -0.309 e. The average molecular weight is 945 g/mol.